The molecule has 2 atom stereocenters. The van der Waals surface area contributed by atoms with Crippen LogP contribution in [0.3, 0.4) is 0 Å². The normalized spacial score (nSPS) is 15.2. The lowest BCUT2D eigenvalue weighted by molar-refractivity contribution is 0.216. The standard InChI is InChI=1S/C12H19ClN2O3S/c1-7(6-16)9(3)15-19(17,18)12-5-10(13)4-11(14)8(12)2/h4-5,7,9,15-16H,6,14H2,1-3H3. The van der Waals surface area contributed by atoms with E-state index < -0.39 is 16.1 Å². The topological polar surface area (TPSA) is 92.4 Å². The van der Waals surface area contributed by atoms with Crippen LogP contribution < -0.4 is 10.5 Å². The molecule has 0 spiro atoms. The molecule has 1 rings (SSSR count). The number of halogens is 1. The first kappa shape index (κ1) is 16.2. The number of nitrogen functional groups attached to an aromatic ring is 1. The Hall–Kier alpha value is -0.820. The minimum atomic E-state index is -3.72. The van der Waals surface area contributed by atoms with Crippen LogP contribution in [0.2, 0.25) is 5.02 Å². The smallest absolute Gasteiger partial charge is 0.241 e. The predicted molar refractivity (Wildman–Crippen MR) is 76.6 cm³/mol. The molecule has 0 aliphatic carbocycles. The first-order valence-corrected chi connectivity index (χ1v) is 7.74. The molecule has 0 amide bonds. The summed E-state index contributed by atoms with van der Waals surface area (Å²) in [6.07, 6.45) is 0. The quantitative estimate of drug-likeness (QED) is 0.719. The van der Waals surface area contributed by atoms with Crippen molar-refractivity contribution in [3.05, 3.63) is 22.7 Å². The number of aliphatic hydroxyl groups is 1. The summed E-state index contributed by atoms with van der Waals surface area (Å²) in [5.74, 6) is -0.188. The van der Waals surface area contributed by atoms with E-state index >= 15 is 0 Å². The molecule has 7 heteroatoms. The van der Waals surface area contributed by atoms with Crippen molar-refractivity contribution in [2.24, 2.45) is 5.92 Å². The van der Waals surface area contributed by atoms with Gasteiger partial charge in [0.2, 0.25) is 10.0 Å². The summed E-state index contributed by atoms with van der Waals surface area (Å²) >= 11 is 5.84. The van der Waals surface area contributed by atoms with Crippen LogP contribution in [0.1, 0.15) is 19.4 Å². The van der Waals surface area contributed by atoms with Crippen molar-refractivity contribution < 1.29 is 13.5 Å². The van der Waals surface area contributed by atoms with E-state index in [0.717, 1.165) is 0 Å². The van der Waals surface area contributed by atoms with Crippen molar-refractivity contribution >= 4 is 27.3 Å². The lowest BCUT2D eigenvalue weighted by Gasteiger charge is -2.20. The first-order chi connectivity index (χ1) is 8.69. The van der Waals surface area contributed by atoms with Crippen LogP contribution in [-0.4, -0.2) is 26.2 Å². The van der Waals surface area contributed by atoms with Crippen molar-refractivity contribution in [2.75, 3.05) is 12.3 Å². The van der Waals surface area contributed by atoms with E-state index in [1.54, 1.807) is 20.8 Å². The van der Waals surface area contributed by atoms with Gasteiger partial charge in [0, 0.05) is 23.4 Å². The number of nitrogens with two attached hydrogens (primary N) is 1. The minimum absolute atomic E-state index is 0.0643. The average molecular weight is 307 g/mol. The highest BCUT2D eigenvalue weighted by molar-refractivity contribution is 7.89. The highest BCUT2D eigenvalue weighted by Crippen LogP contribution is 2.26. The lowest BCUT2D eigenvalue weighted by Crippen LogP contribution is -2.38. The fourth-order valence-electron chi connectivity index (χ4n) is 1.54. The average Bonchev–Trinajstić information content (AvgIpc) is 2.31. The molecule has 0 saturated carbocycles. The number of benzene rings is 1. The summed E-state index contributed by atoms with van der Waals surface area (Å²) < 4.78 is 27.1. The Morgan fingerprint density at radius 2 is 2.00 bits per heavy atom. The van der Waals surface area contributed by atoms with Gasteiger partial charge >= 0.3 is 0 Å². The minimum Gasteiger partial charge on any atom is -0.398 e. The second kappa shape index (κ2) is 6.09. The maximum absolute atomic E-state index is 12.3. The van der Waals surface area contributed by atoms with Gasteiger partial charge in [-0.1, -0.05) is 18.5 Å². The second-order valence-electron chi connectivity index (χ2n) is 4.69. The van der Waals surface area contributed by atoms with Crippen LogP contribution in [0.25, 0.3) is 0 Å². The van der Waals surface area contributed by atoms with Gasteiger partial charge in [-0.05, 0) is 37.5 Å². The number of aliphatic hydroxyl groups excluding tert-OH is 1. The van der Waals surface area contributed by atoms with Crippen LogP contribution in [0.5, 0.6) is 0 Å². The van der Waals surface area contributed by atoms with Crippen molar-refractivity contribution in [2.45, 2.75) is 31.7 Å². The Balaban J connectivity index is 3.14. The molecule has 0 fully saturated rings. The van der Waals surface area contributed by atoms with Crippen LogP contribution in [0, 0.1) is 12.8 Å². The van der Waals surface area contributed by atoms with Crippen LogP contribution >= 0.6 is 11.6 Å². The molecule has 1 aromatic rings. The molecule has 0 bridgehead atoms. The number of nitrogens with one attached hydrogen (secondary N) is 1. The van der Waals surface area contributed by atoms with Gasteiger partial charge < -0.3 is 10.8 Å². The van der Waals surface area contributed by atoms with Crippen LogP contribution in [0.4, 0.5) is 5.69 Å². The van der Waals surface area contributed by atoms with E-state index in [1.807, 2.05) is 0 Å². The maximum atomic E-state index is 12.3. The molecule has 0 saturated heterocycles. The van der Waals surface area contributed by atoms with Gasteiger partial charge in [-0.3, -0.25) is 0 Å². The van der Waals surface area contributed by atoms with Gasteiger partial charge in [0.1, 0.15) is 0 Å². The predicted octanol–water partition coefficient (Wildman–Crippen LogP) is 1.53. The molecule has 108 valence electrons. The second-order valence-corrected chi connectivity index (χ2v) is 6.81. The Morgan fingerprint density at radius 3 is 2.53 bits per heavy atom. The summed E-state index contributed by atoms with van der Waals surface area (Å²) in [6, 6.07) is 2.48. The zero-order chi connectivity index (χ0) is 14.8. The van der Waals surface area contributed by atoms with Gasteiger partial charge in [0.25, 0.3) is 0 Å². The zero-order valence-corrected chi connectivity index (χ0v) is 12.7. The van der Waals surface area contributed by atoms with Crippen LogP contribution in [-0.2, 0) is 10.0 Å². The van der Waals surface area contributed by atoms with Crippen LogP contribution in [0.15, 0.2) is 17.0 Å². The van der Waals surface area contributed by atoms with Gasteiger partial charge in [-0.2, -0.15) is 0 Å². The molecule has 19 heavy (non-hydrogen) atoms. The van der Waals surface area contributed by atoms with Crippen molar-refractivity contribution in [3.63, 3.8) is 0 Å². The summed E-state index contributed by atoms with van der Waals surface area (Å²) in [5, 5.41) is 9.31. The highest BCUT2D eigenvalue weighted by Gasteiger charge is 2.23. The van der Waals surface area contributed by atoms with Crippen molar-refractivity contribution in [1.29, 1.82) is 0 Å². The lowest BCUT2D eigenvalue weighted by atomic mass is 10.1. The molecule has 5 nitrogen and oxygen atoms in total. The Bertz CT molecular complexity index is 560. The number of hydrogen-bond acceptors (Lipinski definition) is 4. The SMILES string of the molecule is Cc1c(N)cc(Cl)cc1S(=O)(=O)NC(C)C(C)CO. The summed E-state index contributed by atoms with van der Waals surface area (Å²) in [7, 11) is -3.72. The maximum Gasteiger partial charge on any atom is 0.241 e. The molecule has 0 radical (unpaired) electrons. The Labute approximate surface area is 118 Å². The molecular weight excluding hydrogens is 288 g/mol. The van der Waals surface area contributed by atoms with E-state index in [1.165, 1.54) is 12.1 Å². The third-order valence-corrected chi connectivity index (χ3v) is 5.04. The molecule has 0 heterocycles. The third kappa shape index (κ3) is 3.82. The van der Waals surface area contributed by atoms with Gasteiger partial charge in [-0.25, -0.2) is 13.1 Å². The fraction of sp³-hybridized carbons (Fsp3) is 0.500. The third-order valence-electron chi connectivity index (χ3n) is 3.14. The summed E-state index contributed by atoms with van der Waals surface area (Å²) in [6.45, 7) is 4.98. The largest absolute Gasteiger partial charge is 0.398 e. The van der Waals surface area contributed by atoms with E-state index in [0.29, 0.717) is 11.3 Å². The number of anilines is 1. The van der Waals surface area contributed by atoms with E-state index in [4.69, 9.17) is 22.4 Å². The number of hydrogen-bond donors (Lipinski definition) is 3. The number of sulfonamides is 1. The van der Waals surface area contributed by atoms with E-state index in [2.05, 4.69) is 4.72 Å². The Morgan fingerprint density at radius 1 is 1.42 bits per heavy atom. The van der Waals surface area contributed by atoms with E-state index in [9.17, 15) is 8.42 Å². The molecule has 0 aliphatic rings. The van der Waals surface area contributed by atoms with Gasteiger partial charge in [0.05, 0.1) is 4.90 Å². The zero-order valence-electron chi connectivity index (χ0n) is 11.1. The van der Waals surface area contributed by atoms with Crippen molar-refractivity contribution in [1.82, 2.24) is 4.72 Å². The first-order valence-electron chi connectivity index (χ1n) is 5.88. The highest BCUT2D eigenvalue weighted by atomic mass is 35.5. The molecule has 4 N–H and O–H groups in total. The molecule has 2 unspecified atom stereocenters. The van der Waals surface area contributed by atoms with Gasteiger partial charge in [0.15, 0.2) is 0 Å². The monoisotopic (exact) mass is 306 g/mol. The number of rotatable bonds is 5. The summed E-state index contributed by atoms with van der Waals surface area (Å²) in [4.78, 5) is 0.0643. The molecule has 0 aliphatic heterocycles. The summed E-state index contributed by atoms with van der Waals surface area (Å²) in [5.41, 5.74) is 6.51. The van der Waals surface area contributed by atoms with E-state index in [-0.39, 0.29) is 22.4 Å². The molecule has 0 aromatic heterocycles. The van der Waals surface area contributed by atoms with Gasteiger partial charge in [-0.15, -0.1) is 0 Å². The molecule has 1 aromatic carbocycles. The molecular formula is C12H19ClN2O3S. The van der Waals surface area contributed by atoms with Crippen molar-refractivity contribution in [3.8, 4) is 0 Å². The fourth-order valence-corrected chi connectivity index (χ4v) is 3.48. The Kier molecular flexibility index (Phi) is 5.20.